The maximum Gasteiger partial charge on any atom is 0.254 e. The first-order valence-corrected chi connectivity index (χ1v) is 11.9. The minimum absolute atomic E-state index is 0.105. The van der Waals surface area contributed by atoms with E-state index < -0.39 is 58.8 Å². The fraction of sp³-hybridized carbons (Fsp3) is 0.304. The minimum atomic E-state index is -3.11. The van der Waals surface area contributed by atoms with E-state index in [1.165, 1.54) is 31.2 Å². The Labute approximate surface area is 224 Å². The van der Waals surface area contributed by atoms with Crippen LogP contribution in [0.5, 0.6) is 28.1 Å². The van der Waals surface area contributed by atoms with Gasteiger partial charge in [-0.15, -0.1) is 0 Å². The van der Waals surface area contributed by atoms with Crippen molar-refractivity contribution in [3.63, 3.8) is 0 Å². The number of anilines is 2. The molecule has 1 amide bonds. The van der Waals surface area contributed by atoms with Crippen LogP contribution >= 0.6 is 11.3 Å². The third kappa shape index (κ3) is 6.23. The maximum atomic E-state index is 12.2. The number of phenolic OH excluding ortho intramolecular Hbond substituents is 4. The first kappa shape index (κ1) is 29.7. The molecule has 0 aliphatic carbocycles. The van der Waals surface area contributed by atoms with E-state index in [-0.39, 0.29) is 39.1 Å². The second-order valence-corrected chi connectivity index (χ2v) is 9.56. The molecule has 0 aliphatic rings. The lowest BCUT2D eigenvalue weighted by atomic mass is 9.96. The van der Waals surface area contributed by atoms with E-state index in [2.05, 4.69) is 15.6 Å². The van der Waals surface area contributed by atoms with E-state index in [0.29, 0.717) is 0 Å². The first-order valence-electron chi connectivity index (χ1n) is 11.1. The van der Waals surface area contributed by atoms with Gasteiger partial charge >= 0.3 is 0 Å². The summed E-state index contributed by atoms with van der Waals surface area (Å²) in [6.07, 6.45) is -2.16. The molecule has 3 rings (SSSR count). The molecule has 1 heterocycles. The van der Waals surface area contributed by atoms with E-state index in [1.807, 2.05) is 0 Å². The summed E-state index contributed by atoms with van der Waals surface area (Å²) in [6.45, 7) is 0.287. The van der Waals surface area contributed by atoms with Gasteiger partial charge in [-0.2, -0.15) is 0 Å². The van der Waals surface area contributed by atoms with Crippen LogP contribution in [0.2, 0.25) is 0 Å². The molecule has 13 N–H and O–H groups in total. The fourth-order valence-electron chi connectivity index (χ4n) is 3.74. The Balaban J connectivity index is 1.71. The third-order valence-corrected chi connectivity index (χ3v) is 6.53. The van der Waals surface area contributed by atoms with Crippen molar-refractivity contribution in [1.82, 2.24) is 10.3 Å². The third-order valence-electron chi connectivity index (χ3n) is 5.80. The van der Waals surface area contributed by atoms with Crippen molar-refractivity contribution in [1.29, 1.82) is 0 Å². The van der Waals surface area contributed by atoms with Gasteiger partial charge in [0.05, 0.1) is 13.0 Å². The predicted molar refractivity (Wildman–Crippen MR) is 136 cm³/mol. The number of amides is 1. The number of aromatic nitrogens is 1. The molecule has 0 saturated carbocycles. The number of methoxy groups -OCH3 is 1. The molecule has 0 spiro atoms. The molecule has 16 heteroatoms. The van der Waals surface area contributed by atoms with E-state index in [1.54, 1.807) is 0 Å². The van der Waals surface area contributed by atoms with Gasteiger partial charge in [-0.3, -0.25) is 10.1 Å². The van der Waals surface area contributed by atoms with Crippen molar-refractivity contribution in [2.24, 2.45) is 0 Å². The van der Waals surface area contributed by atoms with Crippen molar-refractivity contribution in [3.05, 3.63) is 46.6 Å². The average molecular weight is 569 g/mol. The Hall–Kier alpha value is -3.90. The monoisotopic (exact) mass is 568 g/mol. The highest BCUT2D eigenvalue weighted by Crippen LogP contribution is 2.50. The Morgan fingerprint density at radius 2 is 1.62 bits per heavy atom. The van der Waals surface area contributed by atoms with Gasteiger partial charge in [0, 0.05) is 29.5 Å². The van der Waals surface area contributed by atoms with Gasteiger partial charge in [-0.1, -0.05) is 23.5 Å². The number of aliphatic hydroxyl groups is 4. The number of carbonyl (C=O) groups excluding carboxylic acids is 1. The summed E-state index contributed by atoms with van der Waals surface area (Å²) in [5.74, 6) is -10.4. The molecular formula is C23H28N4O11S. The van der Waals surface area contributed by atoms with Gasteiger partial charge in [0.2, 0.25) is 23.2 Å². The van der Waals surface area contributed by atoms with Crippen LogP contribution in [0.15, 0.2) is 24.3 Å². The molecule has 3 aromatic rings. The molecule has 0 saturated heterocycles. The molecular weight excluding hydrogens is 540 g/mol. The van der Waals surface area contributed by atoms with Gasteiger partial charge in [0.25, 0.3) is 5.91 Å². The van der Waals surface area contributed by atoms with Crippen LogP contribution in [0.3, 0.4) is 0 Å². The van der Waals surface area contributed by atoms with Gasteiger partial charge < -0.3 is 61.7 Å². The normalized spacial score (nSPS) is 12.9. The molecule has 1 atom stereocenters. The number of nitrogen functional groups attached to an aromatic ring is 1. The van der Waals surface area contributed by atoms with Crippen molar-refractivity contribution < 1.29 is 55.5 Å². The lowest BCUT2D eigenvalue weighted by molar-refractivity contribution is -0.271. The summed E-state index contributed by atoms with van der Waals surface area (Å²) in [6, 6.07) is 5.17. The number of hydrogen-bond donors (Lipinski definition) is 12. The molecule has 0 bridgehead atoms. The van der Waals surface area contributed by atoms with Crippen LogP contribution in [-0.4, -0.2) is 76.4 Å². The summed E-state index contributed by atoms with van der Waals surface area (Å²) >= 11 is 0.826. The number of benzene rings is 2. The number of rotatable bonds is 10. The van der Waals surface area contributed by atoms with Gasteiger partial charge in [0.1, 0.15) is 5.69 Å². The molecule has 1 aromatic heterocycles. The topological polar surface area (TPSA) is 271 Å². The van der Waals surface area contributed by atoms with Gasteiger partial charge in [0.15, 0.2) is 27.8 Å². The molecule has 0 fully saturated rings. The number of nitrogens with zero attached hydrogens (tertiary/aromatic N) is 1. The van der Waals surface area contributed by atoms with E-state index in [9.17, 15) is 50.8 Å². The van der Waals surface area contributed by atoms with Crippen molar-refractivity contribution in [2.75, 3.05) is 24.7 Å². The molecule has 39 heavy (non-hydrogen) atoms. The Kier molecular flexibility index (Phi) is 8.42. The summed E-state index contributed by atoms with van der Waals surface area (Å²) in [7, 11) is 1.01. The molecule has 0 radical (unpaired) electrons. The Morgan fingerprint density at radius 1 is 1.03 bits per heavy atom. The number of hydrogen-bond acceptors (Lipinski definition) is 15. The Bertz CT molecular complexity index is 1330. The van der Waals surface area contributed by atoms with Crippen LogP contribution in [-0.2, 0) is 21.7 Å². The highest BCUT2D eigenvalue weighted by Gasteiger charge is 2.42. The number of ether oxygens (including phenoxy) is 1. The second-order valence-electron chi connectivity index (χ2n) is 8.55. The average Bonchev–Trinajstić information content (AvgIpc) is 3.19. The molecule has 15 nitrogen and oxygen atoms in total. The lowest BCUT2D eigenvalue weighted by Gasteiger charge is -2.35. The number of nitrogens with one attached hydrogen (secondary N) is 2. The second kappa shape index (κ2) is 11.1. The quantitative estimate of drug-likeness (QED) is 0.0835. The van der Waals surface area contributed by atoms with E-state index in [0.717, 1.165) is 18.4 Å². The van der Waals surface area contributed by atoms with Crippen molar-refractivity contribution in [3.8, 4) is 28.1 Å². The van der Waals surface area contributed by atoms with Crippen LogP contribution in [0.1, 0.15) is 28.5 Å². The summed E-state index contributed by atoms with van der Waals surface area (Å²) in [4.78, 5) is 16.1. The lowest BCUT2D eigenvalue weighted by Crippen LogP contribution is -2.55. The smallest absolute Gasteiger partial charge is 0.254 e. The fourth-order valence-corrected chi connectivity index (χ4v) is 4.33. The first-order chi connectivity index (χ1) is 18.1. The minimum Gasteiger partial charge on any atom is -0.504 e. The van der Waals surface area contributed by atoms with Crippen molar-refractivity contribution in [2.45, 2.75) is 31.1 Å². The maximum absolute atomic E-state index is 12.2. The van der Waals surface area contributed by atoms with Gasteiger partial charge in [-0.05, 0) is 19.1 Å². The molecule has 0 aliphatic heterocycles. The summed E-state index contributed by atoms with van der Waals surface area (Å²) in [5, 5.41) is 96.3. The highest BCUT2D eigenvalue weighted by atomic mass is 32.1. The zero-order valence-corrected chi connectivity index (χ0v) is 21.4. The Morgan fingerprint density at radius 3 is 2.15 bits per heavy atom. The summed E-state index contributed by atoms with van der Waals surface area (Å²) in [5.41, 5.74) is 4.98. The van der Waals surface area contributed by atoms with Crippen LogP contribution in [0, 0.1) is 6.92 Å². The predicted octanol–water partition coefficient (Wildman–Crippen LogP) is -0.504. The zero-order chi connectivity index (χ0) is 29.3. The number of thiazole rings is 1. The van der Waals surface area contributed by atoms with Crippen molar-refractivity contribution >= 4 is 28.1 Å². The van der Waals surface area contributed by atoms with E-state index >= 15 is 0 Å². The largest absolute Gasteiger partial charge is 0.504 e. The number of nitrogens with two attached hydrogens (primary N) is 1. The number of aromatic hydroxyl groups is 5. The van der Waals surface area contributed by atoms with Crippen LogP contribution in [0.25, 0.3) is 0 Å². The highest BCUT2D eigenvalue weighted by molar-refractivity contribution is 7.17. The van der Waals surface area contributed by atoms with E-state index in [4.69, 9.17) is 10.5 Å². The van der Waals surface area contributed by atoms with Crippen LogP contribution in [0.4, 0.5) is 10.8 Å². The molecule has 2 aromatic carbocycles. The van der Waals surface area contributed by atoms with Gasteiger partial charge in [-0.25, -0.2) is 4.98 Å². The SMILES string of the molecule is COC(c1c(C)c(O)c(O)c(O)c1O)C(O)(O)NCC(O)(O)c1ccc(NC(=O)Cc2nc(N)sc2O)cc1. The molecule has 212 valence electrons. The number of carbonyl (C=O) groups is 1. The van der Waals surface area contributed by atoms with Crippen LogP contribution < -0.4 is 16.4 Å². The molecule has 1 unspecified atom stereocenters. The summed E-state index contributed by atoms with van der Waals surface area (Å²) < 4.78 is 5.03. The number of phenols is 4. The zero-order valence-electron chi connectivity index (χ0n) is 20.6. The standard InChI is InChI=1S/C23H28N4O11S/c1-9-14(16(30)18(32)17(31)15(9)29)19(38-2)23(36,37)25-8-22(34,35)10-3-5-11(6-4-10)26-13(28)7-12-20(33)39-21(24)27-12/h3-6,19,25,29-37H,7-8H2,1-2H3,(H2,24,27)(H,26,28).